The summed E-state index contributed by atoms with van der Waals surface area (Å²) in [6.07, 6.45) is 0.766. The maximum Gasteiger partial charge on any atom is 0.123 e. The number of hydrogen-bond donors (Lipinski definition) is 1. The topological polar surface area (TPSA) is 12.0 Å². The highest BCUT2D eigenvalue weighted by Crippen LogP contribution is 2.30. The Morgan fingerprint density at radius 3 is 2.21 bits per heavy atom. The Bertz CT molecular complexity index is 534. The number of benzene rings is 2. The number of hydrogen-bond acceptors (Lipinski definition) is 1. The van der Waals surface area contributed by atoms with Crippen molar-refractivity contribution < 1.29 is 4.39 Å². The predicted molar refractivity (Wildman–Crippen MR) is 79.7 cm³/mol. The average molecular weight is 298 g/mol. The molecule has 0 saturated carbocycles. The zero-order valence-corrected chi connectivity index (χ0v) is 12.0. The first-order valence-electron chi connectivity index (χ1n) is 6.01. The van der Waals surface area contributed by atoms with Crippen LogP contribution in [0.5, 0.6) is 0 Å². The van der Waals surface area contributed by atoms with Crippen molar-refractivity contribution in [3.05, 3.63) is 63.9 Å². The average Bonchev–Trinajstić information content (AvgIpc) is 2.37. The van der Waals surface area contributed by atoms with Crippen LogP contribution < -0.4 is 5.32 Å². The van der Waals surface area contributed by atoms with Crippen molar-refractivity contribution in [1.29, 1.82) is 0 Å². The van der Waals surface area contributed by atoms with E-state index in [9.17, 15) is 4.39 Å². The molecule has 0 saturated heterocycles. The van der Waals surface area contributed by atoms with E-state index in [1.807, 2.05) is 6.92 Å². The minimum absolute atomic E-state index is 0.142. The Labute approximate surface area is 122 Å². The summed E-state index contributed by atoms with van der Waals surface area (Å²) in [5.41, 5.74) is 1.80. The summed E-state index contributed by atoms with van der Waals surface area (Å²) >= 11 is 12.2. The van der Waals surface area contributed by atoms with E-state index in [-0.39, 0.29) is 11.9 Å². The minimum Gasteiger partial charge on any atom is -0.380 e. The van der Waals surface area contributed by atoms with Gasteiger partial charge < -0.3 is 5.32 Å². The molecule has 0 heterocycles. The second-order valence-electron chi connectivity index (χ2n) is 4.47. The molecular formula is C15H14Cl2FN. The third-order valence-electron chi connectivity index (χ3n) is 2.81. The lowest BCUT2D eigenvalue weighted by atomic mass is 10.1. The molecule has 0 radical (unpaired) electrons. The molecule has 4 heteroatoms. The number of halogens is 3. The summed E-state index contributed by atoms with van der Waals surface area (Å²) < 4.78 is 12.8. The van der Waals surface area contributed by atoms with E-state index in [1.165, 1.54) is 12.1 Å². The lowest BCUT2D eigenvalue weighted by molar-refractivity contribution is 0.626. The molecule has 0 aliphatic carbocycles. The summed E-state index contributed by atoms with van der Waals surface area (Å²) in [5, 5.41) is 4.48. The highest BCUT2D eigenvalue weighted by atomic mass is 35.5. The summed E-state index contributed by atoms with van der Waals surface area (Å²) in [5.74, 6) is -0.224. The fourth-order valence-corrected chi connectivity index (χ4v) is 2.41. The number of anilines is 1. The van der Waals surface area contributed by atoms with Crippen molar-refractivity contribution in [2.45, 2.75) is 19.4 Å². The SMILES string of the molecule is CC(Cc1ccc(F)cc1)Nc1c(Cl)cccc1Cl. The van der Waals surface area contributed by atoms with Gasteiger partial charge in [-0.05, 0) is 43.2 Å². The molecule has 19 heavy (non-hydrogen) atoms. The zero-order chi connectivity index (χ0) is 13.8. The van der Waals surface area contributed by atoms with Crippen LogP contribution in [0.25, 0.3) is 0 Å². The molecule has 1 nitrogen and oxygen atoms in total. The Kier molecular flexibility index (Phi) is 4.67. The van der Waals surface area contributed by atoms with Gasteiger partial charge in [-0.15, -0.1) is 0 Å². The number of para-hydroxylation sites is 1. The van der Waals surface area contributed by atoms with Crippen molar-refractivity contribution in [1.82, 2.24) is 0 Å². The Morgan fingerprint density at radius 1 is 1.05 bits per heavy atom. The highest BCUT2D eigenvalue weighted by molar-refractivity contribution is 6.39. The Hall–Kier alpha value is -1.25. The van der Waals surface area contributed by atoms with Crippen molar-refractivity contribution >= 4 is 28.9 Å². The van der Waals surface area contributed by atoms with Gasteiger partial charge in [-0.1, -0.05) is 41.4 Å². The van der Waals surface area contributed by atoms with Crippen LogP contribution in [0.15, 0.2) is 42.5 Å². The fourth-order valence-electron chi connectivity index (χ4n) is 1.91. The summed E-state index contributed by atoms with van der Waals surface area (Å²) in [6, 6.07) is 12.0. The van der Waals surface area contributed by atoms with Gasteiger partial charge in [0.2, 0.25) is 0 Å². The molecule has 0 aliphatic rings. The van der Waals surface area contributed by atoms with Crippen LogP contribution in [0.4, 0.5) is 10.1 Å². The van der Waals surface area contributed by atoms with E-state index >= 15 is 0 Å². The molecule has 1 N–H and O–H groups in total. The number of nitrogens with one attached hydrogen (secondary N) is 1. The van der Waals surface area contributed by atoms with Crippen LogP contribution in [0.1, 0.15) is 12.5 Å². The van der Waals surface area contributed by atoms with Gasteiger partial charge in [0, 0.05) is 6.04 Å². The van der Waals surface area contributed by atoms with Crippen molar-refractivity contribution in [2.75, 3.05) is 5.32 Å². The molecule has 100 valence electrons. The highest BCUT2D eigenvalue weighted by Gasteiger charge is 2.09. The van der Waals surface area contributed by atoms with Gasteiger partial charge in [0.1, 0.15) is 5.82 Å². The molecule has 0 aromatic heterocycles. The molecule has 2 aromatic rings. The van der Waals surface area contributed by atoms with Crippen LogP contribution in [-0.2, 0) is 6.42 Å². The van der Waals surface area contributed by atoms with Gasteiger partial charge >= 0.3 is 0 Å². The maximum atomic E-state index is 12.8. The van der Waals surface area contributed by atoms with Crippen molar-refractivity contribution in [3.63, 3.8) is 0 Å². The van der Waals surface area contributed by atoms with Crippen LogP contribution >= 0.6 is 23.2 Å². The normalized spacial score (nSPS) is 12.2. The van der Waals surface area contributed by atoms with Gasteiger partial charge in [0.15, 0.2) is 0 Å². The maximum absolute atomic E-state index is 12.8. The summed E-state index contributed by atoms with van der Waals surface area (Å²) in [6.45, 7) is 2.03. The van der Waals surface area contributed by atoms with E-state index in [4.69, 9.17) is 23.2 Å². The predicted octanol–water partition coefficient (Wildman–Crippen LogP) is 5.18. The molecule has 0 bridgehead atoms. The quantitative estimate of drug-likeness (QED) is 0.820. The smallest absolute Gasteiger partial charge is 0.123 e. The molecular weight excluding hydrogens is 284 g/mol. The van der Waals surface area contributed by atoms with Gasteiger partial charge in [-0.25, -0.2) is 4.39 Å². The molecule has 1 unspecified atom stereocenters. The van der Waals surface area contributed by atoms with Crippen LogP contribution in [0.2, 0.25) is 10.0 Å². The van der Waals surface area contributed by atoms with Gasteiger partial charge in [-0.3, -0.25) is 0 Å². The van der Waals surface area contributed by atoms with E-state index in [1.54, 1.807) is 30.3 Å². The molecule has 0 fully saturated rings. The fraction of sp³-hybridized carbons (Fsp3) is 0.200. The van der Waals surface area contributed by atoms with E-state index in [2.05, 4.69) is 5.32 Å². The molecule has 2 aromatic carbocycles. The second kappa shape index (κ2) is 6.27. The van der Waals surface area contributed by atoms with E-state index < -0.39 is 0 Å². The molecule has 1 atom stereocenters. The zero-order valence-electron chi connectivity index (χ0n) is 10.5. The molecule has 0 amide bonds. The summed E-state index contributed by atoms with van der Waals surface area (Å²) in [4.78, 5) is 0. The number of rotatable bonds is 4. The largest absolute Gasteiger partial charge is 0.380 e. The molecule has 2 rings (SSSR count). The van der Waals surface area contributed by atoms with Gasteiger partial charge in [0.25, 0.3) is 0 Å². The first-order valence-corrected chi connectivity index (χ1v) is 6.77. The molecule has 0 spiro atoms. The third kappa shape index (κ3) is 3.85. The molecule has 0 aliphatic heterocycles. The minimum atomic E-state index is -0.224. The Morgan fingerprint density at radius 2 is 1.63 bits per heavy atom. The van der Waals surface area contributed by atoms with E-state index in [0.717, 1.165) is 17.7 Å². The van der Waals surface area contributed by atoms with Gasteiger partial charge in [-0.2, -0.15) is 0 Å². The van der Waals surface area contributed by atoms with Crippen LogP contribution in [0, 0.1) is 5.82 Å². The second-order valence-corrected chi connectivity index (χ2v) is 5.29. The monoisotopic (exact) mass is 297 g/mol. The van der Waals surface area contributed by atoms with Gasteiger partial charge in [0.05, 0.1) is 15.7 Å². The summed E-state index contributed by atoms with van der Waals surface area (Å²) in [7, 11) is 0. The lowest BCUT2D eigenvalue weighted by Gasteiger charge is -2.17. The standard InChI is InChI=1S/C15H14Cl2FN/c1-10(9-11-5-7-12(18)8-6-11)19-15-13(16)3-2-4-14(15)17/h2-8,10,19H,9H2,1H3. The third-order valence-corrected chi connectivity index (χ3v) is 3.44. The first kappa shape index (κ1) is 14.2. The van der Waals surface area contributed by atoms with E-state index in [0.29, 0.717) is 10.0 Å². The van der Waals surface area contributed by atoms with Crippen LogP contribution in [0.3, 0.4) is 0 Å². The van der Waals surface area contributed by atoms with Crippen molar-refractivity contribution in [2.24, 2.45) is 0 Å². The Balaban J connectivity index is 2.05. The van der Waals surface area contributed by atoms with Crippen molar-refractivity contribution in [3.8, 4) is 0 Å². The first-order chi connectivity index (χ1) is 9.06. The van der Waals surface area contributed by atoms with Crippen LogP contribution in [-0.4, -0.2) is 6.04 Å². The lowest BCUT2D eigenvalue weighted by Crippen LogP contribution is -2.18.